The van der Waals surface area contributed by atoms with E-state index in [1.54, 1.807) is 6.20 Å². The number of carbonyl (C=O) groups is 2. The van der Waals surface area contributed by atoms with Crippen molar-refractivity contribution in [2.24, 2.45) is 11.8 Å². The Labute approximate surface area is 149 Å². The van der Waals surface area contributed by atoms with Gasteiger partial charge < -0.3 is 15.3 Å². The largest absolute Gasteiger partial charge is 0.480 e. The first kappa shape index (κ1) is 22.3. The molecule has 0 aliphatic carbocycles. The second kappa shape index (κ2) is 11.8. The van der Waals surface area contributed by atoms with Crippen molar-refractivity contribution in [1.82, 2.24) is 10.2 Å². The van der Waals surface area contributed by atoms with Gasteiger partial charge in [-0.3, -0.25) is 4.79 Å². The van der Waals surface area contributed by atoms with E-state index in [0.717, 1.165) is 13.1 Å². The van der Waals surface area contributed by atoms with E-state index < -0.39 is 17.9 Å². The quantitative estimate of drug-likeness (QED) is 0.436. The third-order valence-corrected chi connectivity index (χ3v) is 3.73. The minimum atomic E-state index is -1.09. The summed E-state index contributed by atoms with van der Waals surface area (Å²) in [5.41, 5.74) is -0.0632. The van der Waals surface area contributed by atoms with Gasteiger partial charge in [-0.05, 0) is 30.3 Å². The summed E-state index contributed by atoms with van der Waals surface area (Å²) in [5.74, 6) is -0.331. The number of hydrogen-bond donors (Lipinski definition) is 2. The van der Waals surface area contributed by atoms with E-state index in [9.17, 15) is 20.0 Å². The fourth-order valence-electron chi connectivity index (χ4n) is 2.17. The Balaban J connectivity index is 5.14. The van der Waals surface area contributed by atoms with Crippen LogP contribution in [0.15, 0.2) is 11.8 Å². The fraction of sp³-hybridized carbons (Fsp3) is 0.706. The number of nitrogens with zero attached hydrogens (tertiary/aromatic N) is 2. The summed E-state index contributed by atoms with van der Waals surface area (Å²) in [5, 5.41) is 20.9. The number of rotatable bonds is 11. The molecule has 0 spiro atoms. The number of hydrogen-bond acceptors (Lipinski definition) is 5. The summed E-state index contributed by atoms with van der Waals surface area (Å²) in [6.45, 7) is 9.72. The zero-order valence-corrected chi connectivity index (χ0v) is 16.0. The lowest BCUT2D eigenvalue weighted by atomic mass is 10.1. The van der Waals surface area contributed by atoms with Crippen LogP contribution in [0, 0.1) is 23.2 Å². The first-order valence-electron chi connectivity index (χ1n) is 8.09. The zero-order chi connectivity index (χ0) is 18.7. The lowest BCUT2D eigenvalue weighted by Gasteiger charge is -2.25. The Kier molecular flexibility index (Phi) is 11.0. The van der Waals surface area contributed by atoms with Crippen LogP contribution in [-0.4, -0.2) is 53.0 Å². The summed E-state index contributed by atoms with van der Waals surface area (Å²) in [6, 6.07) is 0.907. The zero-order valence-electron chi connectivity index (χ0n) is 15.2. The molecule has 0 bridgehead atoms. The molecular weight excluding hydrogens is 326 g/mol. The van der Waals surface area contributed by atoms with Crippen molar-refractivity contribution in [3.05, 3.63) is 11.8 Å². The molecule has 136 valence electrons. The van der Waals surface area contributed by atoms with Gasteiger partial charge in [-0.2, -0.15) is 17.0 Å². The fourth-order valence-corrected chi connectivity index (χ4v) is 2.64. The predicted octanol–water partition coefficient (Wildman–Crippen LogP) is 2.33. The van der Waals surface area contributed by atoms with E-state index in [2.05, 4.69) is 33.0 Å². The van der Waals surface area contributed by atoms with Crippen LogP contribution in [0.3, 0.4) is 0 Å². The van der Waals surface area contributed by atoms with Gasteiger partial charge in [-0.1, -0.05) is 27.7 Å². The molecule has 0 radical (unpaired) electrons. The summed E-state index contributed by atoms with van der Waals surface area (Å²) in [7, 11) is 0. The van der Waals surface area contributed by atoms with Gasteiger partial charge in [0.2, 0.25) is 0 Å². The van der Waals surface area contributed by atoms with E-state index in [4.69, 9.17) is 0 Å². The van der Waals surface area contributed by atoms with Crippen LogP contribution in [-0.2, 0) is 9.59 Å². The average molecular weight is 356 g/mol. The maximum Gasteiger partial charge on any atom is 0.326 e. The number of nitrogens with one attached hydrogen (secondary N) is 1. The molecule has 0 fully saturated rings. The van der Waals surface area contributed by atoms with Gasteiger partial charge in [-0.15, -0.1) is 0 Å². The van der Waals surface area contributed by atoms with Crippen LogP contribution in [0.1, 0.15) is 34.1 Å². The first-order chi connectivity index (χ1) is 11.2. The van der Waals surface area contributed by atoms with Crippen LogP contribution >= 0.6 is 11.8 Å². The average Bonchev–Trinajstić information content (AvgIpc) is 2.46. The van der Waals surface area contributed by atoms with Crippen molar-refractivity contribution in [2.45, 2.75) is 40.2 Å². The van der Waals surface area contributed by atoms with Crippen molar-refractivity contribution >= 4 is 23.6 Å². The molecule has 1 amide bonds. The van der Waals surface area contributed by atoms with Crippen molar-refractivity contribution in [3.8, 4) is 6.07 Å². The summed E-state index contributed by atoms with van der Waals surface area (Å²) in [4.78, 5) is 25.4. The first-order valence-corrected chi connectivity index (χ1v) is 9.49. The standard InChI is InChI=1S/C17H29N3O3S/c1-12(2)9-20(10-13(3)4)11-14(8-18)16(21)19-15(17(22)23)6-7-24-5/h11-13,15H,6-7,9-10H2,1-5H3,(H,19,21)(H,22,23)/b14-11-. The molecule has 0 rings (SSSR count). The van der Waals surface area contributed by atoms with Gasteiger partial charge in [0.25, 0.3) is 5.91 Å². The minimum Gasteiger partial charge on any atom is -0.480 e. The van der Waals surface area contributed by atoms with Crippen LogP contribution < -0.4 is 5.32 Å². The minimum absolute atomic E-state index is 0.0632. The molecule has 0 aliphatic rings. The van der Waals surface area contributed by atoms with E-state index >= 15 is 0 Å². The molecule has 1 atom stereocenters. The molecule has 24 heavy (non-hydrogen) atoms. The predicted molar refractivity (Wildman–Crippen MR) is 97.5 cm³/mol. The lowest BCUT2D eigenvalue weighted by molar-refractivity contribution is -0.141. The number of aliphatic carboxylic acids is 1. The van der Waals surface area contributed by atoms with E-state index in [0.29, 0.717) is 24.0 Å². The number of carbonyl (C=O) groups excluding carboxylic acids is 1. The van der Waals surface area contributed by atoms with Crippen LogP contribution in [0.4, 0.5) is 0 Å². The van der Waals surface area contributed by atoms with E-state index in [1.165, 1.54) is 11.8 Å². The van der Waals surface area contributed by atoms with Gasteiger partial charge in [0.15, 0.2) is 0 Å². The van der Waals surface area contributed by atoms with Crippen LogP contribution in [0.25, 0.3) is 0 Å². The highest BCUT2D eigenvalue weighted by Gasteiger charge is 2.22. The monoisotopic (exact) mass is 355 g/mol. The number of carboxylic acid groups (broad SMARTS) is 1. The summed E-state index contributed by atoms with van der Waals surface area (Å²) < 4.78 is 0. The number of thioether (sulfide) groups is 1. The topological polar surface area (TPSA) is 93.4 Å². The second-order valence-electron chi connectivity index (χ2n) is 6.54. The maximum atomic E-state index is 12.3. The molecule has 0 aliphatic heterocycles. The highest BCUT2D eigenvalue weighted by molar-refractivity contribution is 7.98. The molecule has 0 aromatic heterocycles. The molecule has 0 aromatic rings. The van der Waals surface area contributed by atoms with Gasteiger partial charge in [0.1, 0.15) is 17.7 Å². The highest BCUT2D eigenvalue weighted by Crippen LogP contribution is 2.08. The molecule has 1 unspecified atom stereocenters. The Bertz CT molecular complexity index is 474. The van der Waals surface area contributed by atoms with E-state index in [1.807, 2.05) is 17.2 Å². The molecule has 6 nitrogen and oxygen atoms in total. The molecule has 0 saturated heterocycles. The van der Waals surface area contributed by atoms with Crippen molar-refractivity contribution in [2.75, 3.05) is 25.1 Å². The van der Waals surface area contributed by atoms with Crippen LogP contribution in [0.5, 0.6) is 0 Å². The summed E-state index contributed by atoms with van der Waals surface area (Å²) >= 11 is 1.51. The highest BCUT2D eigenvalue weighted by atomic mass is 32.2. The molecule has 7 heteroatoms. The van der Waals surface area contributed by atoms with Gasteiger partial charge >= 0.3 is 5.97 Å². The lowest BCUT2D eigenvalue weighted by Crippen LogP contribution is -2.42. The Morgan fingerprint density at radius 3 is 2.17 bits per heavy atom. The Morgan fingerprint density at radius 1 is 1.25 bits per heavy atom. The van der Waals surface area contributed by atoms with E-state index in [-0.39, 0.29) is 5.57 Å². The van der Waals surface area contributed by atoms with Crippen molar-refractivity contribution in [1.29, 1.82) is 5.26 Å². The molecule has 0 aromatic carbocycles. The SMILES string of the molecule is CSCCC(NC(=O)/C(C#N)=C\N(CC(C)C)CC(C)C)C(=O)O. The summed E-state index contributed by atoms with van der Waals surface area (Å²) in [6.07, 6.45) is 3.74. The molecular formula is C17H29N3O3S. The molecule has 0 heterocycles. The Morgan fingerprint density at radius 2 is 1.79 bits per heavy atom. The van der Waals surface area contributed by atoms with Crippen molar-refractivity contribution < 1.29 is 14.7 Å². The second-order valence-corrected chi connectivity index (χ2v) is 7.53. The third-order valence-electron chi connectivity index (χ3n) is 3.09. The third kappa shape index (κ3) is 9.46. The number of amides is 1. The number of nitriles is 1. The Hall–Kier alpha value is -1.68. The molecule has 2 N–H and O–H groups in total. The molecule has 0 saturated carbocycles. The van der Waals surface area contributed by atoms with Crippen LogP contribution in [0.2, 0.25) is 0 Å². The van der Waals surface area contributed by atoms with Gasteiger partial charge in [0.05, 0.1) is 0 Å². The normalized spacial score (nSPS) is 12.8. The van der Waals surface area contributed by atoms with Gasteiger partial charge in [0, 0.05) is 19.3 Å². The maximum absolute atomic E-state index is 12.3. The number of carboxylic acids is 1. The van der Waals surface area contributed by atoms with Gasteiger partial charge in [-0.25, -0.2) is 4.79 Å². The van der Waals surface area contributed by atoms with Crippen molar-refractivity contribution in [3.63, 3.8) is 0 Å². The smallest absolute Gasteiger partial charge is 0.326 e.